The number of Topliss-reactive ketones (excluding diaryl/α,β-unsaturated/α-hetero) is 1. The van der Waals surface area contributed by atoms with E-state index >= 15 is 0 Å². The highest BCUT2D eigenvalue weighted by Crippen LogP contribution is 2.41. The summed E-state index contributed by atoms with van der Waals surface area (Å²) in [7, 11) is 0. The number of benzene rings is 1. The topological polar surface area (TPSA) is 69.7 Å². The molecule has 1 aliphatic heterocycles. The number of rotatable bonds is 2. The maximum absolute atomic E-state index is 14.3. The molecule has 2 fully saturated rings. The predicted octanol–water partition coefficient (Wildman–Crippen LogP) is 3.29. The minimum Gasteiger partial charge on any atom is -0.422 e. The maximum atomic E-state index is 14.3. The fraction of sp³-hybridized carbons (Fsp3) is 0.471. The molecule has 1 aromatic rings. The van der Waals surface area contributed by atoms with Crippen LogP contribution in [-0.2, 0) is 19.1 Å². The van der Waals surface area contributed by atoms with Gasteiger partial charge in [-0.05, 0) is 19.8 Å². The summed E-state index contributed by atoms with van der Waals surface area (Å²) in [5, 5.41) is 0. The van der Waals surface area contributed by atoms with Crippen LogP contribution in [0.25, 0.3) is 0 Å². The van der Waals surface area contributed by atoms with Crippen molar-refractivity contribution in [1.82, 2.24) is 0 Å². The molecule has 0 unspecified atom stereocenters. The third-order valence-electron chi connectivity index (χ3n) is 4.60. The van der Waals surface area contributed by atoms with E-state index in [9.17, 15) is 31.9 Å². The highest BCUT2D eigenvalue weighted by Gasteiger charge is 2.52. The van der Waals surface area contributed by atoms with Crippen LogP contribution >= 0.6 is 0 Å². The van der Waals surface area contributed by atoms with Crippen LogP contribution in [0.3, 0.4) is 0 Å². The van der Waals surface area contributed by atoms with Crippen molar-refractivity contribution in [2.75, 3.05) is 0 Å². The first-order valence-electron chi connectivity index (χ1n) is 8.01. The van der Waals surface area contributed by atoms with Gasteiger partial charge in [0.05, 0.1) is 11.1 Å². The Morgan fingerprint density at radius 2 is 1.35 bits per heavy atom. The molecule has 5 nitrogen and oxygen atoms in total. The van der Waals surface area contributed by atoms with E-state index in [1.54, 1.807) is 0 Å². The molecular formula is C17H14F4O5. The number of esters is 2. The minimum absolute atomic E-state index is 0.230. The van der Waals surface area contributed by atoms with E-state index in [2.05, 4.69) is 0 Å². The zero-order chi connectivity index (χ0) is 19.2. The summed E-state index contributed by atoms with van der Waals surface area (Å²) in [6.07, 6.45) is 2.53. The van der Waals surface area contributed by atoms with E-state index in [4.69, 9.17) is 9.47 Å². The normalized spacial score (nSPS) is 20.0. The molecule has 1 spiro atoms. The molecule has 0 atom stereocenters. The molecule has 140 valence electrons. The number of halogens is 4. The molecule has 1 saturated carbocycles. The van der Waals surface area contributed by atoms with Gasteiger partial charge in [-0.25, -0.2) is 17.6 Å². The van der Waals surface area contributed by atoms with Gasteiger partial charge in [0, 0.05) is 12.8 Å². The largest absolute Gasteiger partial charge is 0.422 e. The lowest BCUT2D eigenvalue weighted by Crippen LogP contribution is -2.50. The first-order valence-corrected chi connectivity index (χ1v) is 8.01. The predicted molar refractivity (Wildman–Crippen MR) is 77.0 cm³/mol. The van der Waals surface area contributed by atoms with Crippen molar-refractivity contribution >= 4 is 17.7 Å². The molecular weight excluding hydrogens is 360 g/mol. The van der Waals surface area contributed by atoms with E-state index in [0.29, 0.717) is 12.8 Å². The van der Waals surface area contributed by atoms with Gasteiger partial charge in [0.15, 0.2) is 35.0 Å². The molecule has 0 N–H and O–H groups in total. The molecule has 0 aromatic heterocycles. The summed E-state index contributed by atoms with van der Waals surface area (Å²) in [5.74, 6) is -15.8. The molecule has 0 bridgehead atoms. The second kappa shape index (κ2) is 6.37. The van der Waals surface area contributed by atoms with Crippen molar-refractivity contribution < 1.29 is 41.4 Å². The van der Waals surface area contributed by atoms with Crippen molar-refractivity contribution in [3.05, 3.63) is 34.4 Å². The fourth-order valence-electron chi connectivity index (χ4n) is 3.34. The fourth-order valence-corrected chi connectivity index (χ4v) is 3.34. The quantitative estimate of drug-likeness (QED) is 0.261. The smallest absolute Gasteiger partial charge is 0.328 e. The van der Waals surface area contributed by atoms with Crippen molar-refractivity contribution in [1.29, 1.82) is 0 Å². The van der Waals surface area contributed by atoms with E-state index in [0.717, 1.165) is 13.3 Å². The monoisotopic (exact) mass is 374 g/mol. The van der Waals surface area contributed by atoms with Crippen LogP contribution in [0.15, 0.2) is 0 Å². The highest BCUT2D eigenvalue weighted by atomic mass is 19.2. The molecule has 9 heteroatoms. The van der Waals surface area contributed by atoms with Crippen LogP contribution in [0.4, 0.5) is 17.6 Å². The summed E-state index contributed by atoms with van der Waals surface area (Å²) in [4.78, 5) is 35.7. The molecule has 2 aliphatic rings. The van der Waals surface area contributed by atoms with E-state index in [1.807, 2.05) is 0 Å². The molecule has 1 heterocycles. The Labute approximate surface area is 145 Å². The molecule has 1 aliphatic carbocycles. The van der Waals surface area contributed by atoms with Gasteiger partial charge in [-0.2, -0.15) is 0 Å². The van der Waals surface area contributed by atoms with Crippen LogP contribution in [0.1, 0.15) is 60.9 Å². The molecule has 1 saturated heterocycles. The van der Waals surface area contributed by atoms with Crippen molar-refractivity contribution in [2.24, 2.45) is 0 Å². The third kappa shape index (κ3) is 2.75. The number of hydrogen-bond donors (Lipinski definition) is 0. The Morgan fingerprint density at radius 1 is 0.885 bits per heavy atom. The first-order chi connectivity index (χ1) is 12.2. The van der Waals surface area contributed by atoms with E-state index in [-0.39, 0.29) is 12.8 Å². The average molecular weight is 374 g/mol. The number of hydrogen-bond acceptors (Lipinski definition) is 5. The molecule has 0 radical (unpaired) electrons. The standard InChI is InChI=1S/C17H14F4O5/c1-7(22)8-11(18)13(20)9(14(21)12(8)19)10-15(23)25-17(26-16(10)24)5-3-2-4-6-17/h10H,2-6H2,1H3. The van der Waals surface area contributed by atoms with Gasteiger partial charge in [0.2, 0.25) is 0 Å². The van der Waals surface area contributed by atoms with Gasteiger partial charge in [-0.1, -0.05) is 6.42 Å². The van der Waals surface area contributed by atoms with E-state index in [1.165, 1.54) is 0 Å². The minimum atomic E-state index is -2.31. The van der Waals surface area contributed by atoms with Gasteiger partial charge >= 0.3 is 11.9 Å². The van der Waals surface area contributed by atoms with Gasteiger partial charge in [0.1, 0.15) is 0 Å². The Morgan fingerprint density at radius 3 is 1.77 bits per heavy atom. The van der Waals surface area contributed by atoms with Crippen LogP contribution in [0, 0.1) is 23.3 Å². The number of ether oxygens (including phenoxy) is 2. The zero-order valence-corrected chi connectivity index (χ0v) is 13.7. The summed E-state index contributed by atoms with van der Waals surface area (Å²) < 4.78 is 66.8. The third-order valence-corrected chi connectivity index (χ3v) is 4.60. The van der Waals surface area contributed by atoms with Crippen LogP contribution in [-0.4, -0.2) is 23.5 Å². The second-order valence-corrected chi connectivity index (χ2v) is 6.35. The first kappa shape index (κ1) is 18.3. The van der Waals surface area contributed by atoms with Crippen LogP contribution in [0.5, 0.6) is 0 Å². The Hall–Kier alpha value is -2.45. The molecule has 0 amide bonds. The lowest BCUT2D eigenvalue weighted by atomic mass is 9.90. The molecule has 3 rings (SSSR count). The van der Waals surface area contributed by atoms with Gasteiger partial charge in [-0.3, -0.25) is 14.4 Å². The zero-order valence-electron chi connectivity index (χ0n) is 13.7. The summed E-state index contributed by atoms with van der Waals surface area (Å²) in [6, 6.07) is 0. The number of carbonyl (C=O) groups excluding carboxylic acids is 3. The van der Waals surface area contributed by atoms with Gasteiger partial charge < -0.3 is 9.47 Å². The Balaban J connectivity index is 2.06. The van der Waals surface area contributed by atoms with Gasteiger partial charge in [-0.15, -0.1) is 0 Å². The maximum Gasteiger partial charge on any atom is 0.328 e. The van der Waals surface area contributed by atoms with Crippen molar-refractivity contribution in [3.63, 3.8) is 0 Å². The van der Waals surface area contributed by atoms with Crippen LogP contribution < -0.4 is 0 Å². The second-order valence-electron chi connectivity index (χ2n) is 6.35. The lowest BCUT2D eigenvalue weighted by Gasteiger charge is -2.40. The summed E-state index contributed by atoms with van der Waals surface area (Å²) in [5.41, 5.74) is -2.89. The number of carbonyl (C=O) groups is 3. The van der Waals surface area contributed by atoms with Gasteiger partial charge in [0.25, 0.3) is 5.79 Å². The summed E-state index contributed by atoms with van der Waals surface area (Å²) >= 11 is 0. The highest BCUT2D eigenvalue weighted by molar-refractivity contribution is 6.03. The summed E-state index contributed by atoms with van der Waals surface area (Å²) in [6.45, 7) is 0.718. The SMILES string of the molecule is CC(=O)c1c(F)c(F)c(C2C(=O)OC3(CCCCC3)OC2=O)c(F)c1F. The van der Waals surface area contributed by atoms with E-state index < -0.39 is 63.8 Å². The molecule has 26 heavy (non-hydrogen) atoms. The number of ketones is 1. The van der Waals surface area contributed by atoms with Crippen molar-refractivity contribution in [3.8, 4) is 0 Å². The molecule has 1 aromatic carbocycles. The Bertz CT molecular complexity index is 765. The van der Waals surface area contributed by atoms with Crippen LogP contribution in [0.2, 0.25) is 0 Å². The Kier molecular flexibility index (Phi) is 4.49. The lowest BCUT2D eigenvalue weighted by molar-refractivity contribution is -0.256. The van der Waals surface area contributed by atoms with Crippen molar-refractivity contribution in [2.45, 2.75) is 50.7 Å². The average Bonchev–Trinajstić information content (AvgIpc) is 2.56.